The molecule has 1 aromatic carbocycles. The van der Waals surface area contributed by atoms with Crippen molar-refractivity contribution in [1.82, 2.24) is 5.32 Å². The SMILES string of the molecule is CC1(NCc2cccc(C#N)c2)CCOC1. The highest BCUT2D eigenvalue weighted by Gasteiger charge is 2.28. The summed E-state index contributed by atoms with van der Waals surface area (Å²) >= 11 is 0. The van der Waals surface area contributed by atoms with E-state index in [1.54, 1.807) is 0 Å². The van der Waals surface area contributed by atoms with Crippen molar-refractivity contribution in [3.63, 3.8) is 0 Å². The zero-order valence-electron chi connectivity index (χ0n) is 9.49. The van der Waals surface area contributed by atoms with E-state index in [-0.39, 0.29) is 5.54 Å². The van der Waals surface area contributed by atoms with Crippen LogP contribution >= 0.6 is 0 Å². The second-order valence-corrected chi connectivity index (χ2v) is 4.53. The molecule has 2 rings (SSSR count). The fraction of sp³-hybridized carbons (Fsp3) is 0.462. The topological polar surface area (TPSA) is 45.0 Å². The monoisotopic (exact) mass is 216 g/mol. The van der Waals surface area contributed by atoms with E-state index in [0.717, 1.165) is 31.7 Å². The zero-order valence-corrected chi connectivity index (χ0v) is 9.49. The third kappa shape index (κ3) is 2.60. The number of hydrogen-bond donors (Lipinski definition) is 1. The summed E-state index contributed by atoms with van der Waals surface area (Å²) in [6.45, 7) is 4.57. The first kappa shape index (κ1) is 11.1. The van der Waals surface area contributed by atoms with Gasteiger partial charge in [-0.3, -0.25) is 0 Å². The first-order valence-corrected chi connectivity index (χ1v) is 5.54. The number of nitrogens with zero attached hydrogens (tertiary/aromatic N) is 1. The molecule has 1 heterocycles. The zero-order chi connectivity index (χ0) is 11.4. The summed E-state index contributed by atoms with van der Waals surface area (Å²) in [6.07, 6.45) is 1.05. The van der Waals surface area contributed by atoms with Crippen LogP contribution in [-0.2, 0) is 11.3 Å². The number of ether oxygens (including phenoxy) is 1. The van der Waals surface area contributed by atoms with Crippen LogP contribution in [0.2, 0.25) is 0 Å². The molecule has 1 aliphatic rings. The molecule has 0 bridgehead atoms. The lowest BCUT2D eigenvalue weighted by Gasteiger charge is -2.23. The smallest absolute Gasteiger partial charge is 0.0991 e. The molecule has 16 heavy (non-hydrogen) atoms. The second kappa shape index (κ2) is 4.65. The molecule has 1 fully saturated rings. The molecule has 0 spiro atoms. The molecule has 3 nitrogen and oxygen atoms in total. The molecule has 0 aliphatic carbocycles. The van der Waals surface area contributed by atoms with Gasteiger partial charge in [-0.05, 0) is 31.0 Å². The molecular weight excluding hydrogens is 200 g/mol. The van der Waals surface area contributed by atoms with Crippen molar-refractivity contribution in [2.24, 2.45) is 0 Å². The summed E-state index contributed by atoms with van der Waals surface area (Å²) in [4.78, 5) is 0. The van der Waals surface area contributed by atoms with Crippen LogP contribution < -0.4 is 5.32 Å². The van der Waals surface area contributed by atoms with Gasteiger partial charge in [0.15, 0.2) is 0 Å². The summed E-state index contributed by atoms with van der Waals surface area (Å²) in [5.41, 5.74) is 1.95. The summed E-state index contributed by atoms with van der Waals surface area (Å²) in [7, 11) is 0. The third-order valence-electron chi connectivity index (χ3n) is 2.99. The second-order valence-electron chi connectivity index (χ2n) is 4.53. The highest BCUT2D eigenvalue weighted by atomic mass is 16.5. The maximum atomic E-state index is 8.80. The van der Waals surface area contributed by atoms with Gasteiger partial charge in [0.2, 0.25) is 0 Å². The summed E-state index contributed by atoms with van der Waals surface area (Å²) in [5, 5.41) is 12.3. The molecule has 0 amide bonds. The van der Waals surface area contributed by atoms with E-state index < -0.39 is 0 Å². The number of hydrogen-bond acceptors (Lipinski definition) is 3. The van der Waals surface area contributed by atoms with E-state index in [1.807, 2.05) is 24.3 Å². The molecular formula is C13H16N2O. The van der Waals surface area contributed by atoms with Crippen LogP contribution in [0, 0.1) is 11.3 Å². The molecule has 1 aromatic rings. The minimum absolute atomic E-state index is 0.0860. The van der Waals surface area contributed by atoms with Crippen LogP contribution in [0.5, 0.6) is 0 Å². The number of nitriles is 1. The van der Waals surface area contributed by atoms with Crippen molar-refractivity contribution >= 4 is 0 Å². The van der Waals surface area contributed by atoms with Gasteiger partial charge >= 0.3 is 0 Å². The van der Waals surface area contributed by atoms with Gasteiger partial charge in [0, 0.05) is 18.7 Å². The average molecular weight is 216 g/mol. The standard InChI is InChI=1S/C13H16N2O/c1-13(5-6-16-10-13)15-9-12-4-2-3-11(7-12)8-14/h2-4,7,15H,5-6,9-10H2,1H3. The predicted molar refractivity (Wildman–Crippen MR) is 61.8 cm³/mol. The van der Waals surface area contributed by atoms with Crippen molar-refractivity contribution in [3.8, 4) is 6.07 Å². The summed E-state index contributed by atoms with van der Waals surface area (Å²) in [6, 6.07) is 9.85. The van der Waals surface area contributed by atoms with Gasteiger partial charge < -0.3 is 10.1 Å². The minimum atomic E-state index is 0.0860. The number of benzene rings is 1. The molecule has 1 N–H and O–H groups in total. The normalized spacial score (nSPS) is 24.2. The molecule has 1 aliphatic heterocycles. The Morgan fingerprint density at radius 2 is 2.44 bits per heavy atom. The molecule has 1 saturated heterocycles. The van der Waals surface area contributed by atoms with E-state index >= 15 is 0 Å². The maximum absolute atomic E-state index is 8.80. The minimum Gasteiger partial charge on any atom is -0.379 e. The lowest BCUT2D eigenvalue weighted by molar-refractivity contribution is 0.171. The van der Waals surface area contributed by atoms with Crippen LogP contribution in [0.3, 0.4) is 0 Å². The van der Waals surface area contributed by atoms with E-state index in [0.29, 0.717) is 5.56 Å². The Kier molecular flexibility index (Phi) is 3.23. The van der Waals surface area contributed by atoms with Gasteiger partial charge in [-0.15, -0.1) is 0 Å². The highest BCUT2D eigenvalue weighted by Crippen LogP contribution is 2.18. The van der Waals surface area contributed by atoms with Gasteiger partial charge in [-0.25, -0.2) is 0 Å². The molecule has 0 radical (unpaired) electrons. The summed E-state index contributed by atoms with van der Waals surface area (Å²) < 4.78 is 5.38. The third-order valence-corrected chi connectivity index (χ3v) is 2.99. The first-order chi connectivity index (χ1) is 7.72. The average Bonchev–Trinajstić information content (AvgIpc) is 2.75. The van der Waals surface area contributed by atoms with E-state index in [4.69, 9.17) is 10.00 Å². The molecule has 84 valence electrons. The predicted octanol–water partition coefficient (Wildman–Crippen LogP) is 1.83. The van der Waals surface area contributed by atoms with Gasteiger partial charge in [0.1, 0.15) is 0 Å². The van der Waals surface area contributed by atoms with E-state index in [1.165, 1.54) is 0 Å². The lowest BCUT2D eigenvalue weighted by atomic mass is 10.0. The Bertz CT molecular complexity index is 403. The van der Waals surface area contributed by atoms with Crippen molar-refractivity contribution in [1.29, 1.82) is 5.26 Å². The largest absolute Gasteiger partial charge is 0.379 e. The first-order valence-electron chi connectivity index (χ1n) is 5.54. The Labute approximate surface area is 96.0 Å². The van der Waals surface area contributed by atoms with Gasteiger partial charge in [0.05, 0.1) is 18.2 Å². The van der Waals surface area contributed by atoms with Crippen molar-refractivity contribution in [2.75, 3.05) is 13.2 Å². The molecule has 3 heteroatoms. The highest BCUT2D eigenvalue weighted by molar-refractivity contribution is 5.32. The molecule has 0 aromatic heterocycles. The van der Waals surface area contributed by atoms with Crippen molar-refractivity contribution in [2.45, 2.75) is 25.4 Å². The summed E-state index contributed by atoms with van der Waals surface area (Å²) in [5.74, 6) is 0. The van der Waals surface area contributed by atoms with Crippen LogP contribution in [0.1, 0.15) is 24.5 Å². The fourth-order valence-electron chi connectivity index (χ4n) is 1.87. The Balaban J connectivity index is 1.96. The van der Waals surface area contributed by atoms with Crippen LogP contribution in [0.25, 0.3) is 0 Å². The van der Waals surface area contributed by atoms with Gasteiger partial charge in [0.25, 0.3) is 0 Å². The number of rotatable bonds is 3. The van der Waals surface area contributed by atoms with Crippen LogP contribution in [0.4, 0.5) is 0 Å². The Morgan fingerprint density at radius 1 is 1.56 bits per heavy atom. The molecule has 1 atom stereocenters. The van der Waals surface area contributed by atoms with Gasteiger partial charge in [-0.1, -0.05) is 12.1 Å². The van der Waals surface area contributed by atoms with E-state index in [9.17, 15) is 0 Å². The Morgan fingerprint density at radius 3 is 3.12 bits per heavy atom. The fourth-order valence-corrected chi connectivity index (χ4v) is 1.87. The molecule has 1 unspecified atom stereocenters. The van der Waals surface area contributed by atoms with Gasteiger partial charge in [-0.2, -0.15) is 5.26 Å². The Hall–Kier alpha value is -1.37. The van der Waals surface area contributed by atoms with Crippen molar-refractivity contribution in [3.05, 3.63) is 35.4 Å². The van der Waals surface area contributed by atoms with Crippen LogP contribution in [-0.4, -0.2) is 18.8 Å². The lowest BCUT2D eigenvalue weighted by Crippen LogP contribution is -2.42. The van der Waals surface area contributed by atoms with Crippen LogP contribution in [0.15, 0.2) is 24.3 Å². The van der Waals surface area contributed by atoms with Crippen molar-refractivity contribution < 1.29 is 4.74 Å². The quantitative estimate of drug-likeness (QED) is 0.838. The maximum Gasteiger partial charge on any atom is 0.0991 e. The number of nitrogens with one attached hydrogen (secondary N) is 1. The van der Waals surface area contributed by atoms with E-state index in [2.05, 4.69) is 18.3 Å². The molecule has 0 saturated carbocycles.